The molecule has 1 radical (unpaired) electrons. The predicted octanol–water partition coefficient (Wildman–Crippen LogP) is 1.65. The van der Waals surface area contributed by atoms with Crippen molar-refractivity contribution in [2.45, 2.75) is 13.8 Å². The molecule has 2 rings (SSSR count). The summed E-state index contributed by atoms with van der Waals surface area (Å²) in [5.41, 5.74) is 3.63. The van der Waals surface area contributed by atoms with Crippen molar-refractivity contribution in [1.82, 2.24) is 4.98 Å². The molecule has 0 aliphatic carbocycles. The third kappa shape index (κ3) is 1.60. The van der Waals surface area contributed by atoms with Gasteiger partial charge in [0.2, 0.25) is 0 Å². The summed E-state index contributed by atoms with van der Waals surface area (Å²) in [5, 5.41) is 1.25. The first-order valence-corrected chi connectivity index (χ1v) is 5.07. The summed E-state index contributed by atoms with van der Waals surface area (Å²) in [6.45, 7) is 4.22. The number of fused-ring (bicyclic) bond motifs is 1. The van der Waals surface area contributed by atoms with E-state index in [4.69, 9.17) is 0 Å². The molecule has 13 heavy (non-hydrogen) atoms. The molecule has 1 nitrogen and oxygen atoms in total. The van der Waals surface area contributed by atoms with Crippen LogP contribution >= 0.6 is 0 Å². The van der Waals surface area contributed by atoms with Crippen molar-refractivity contribution < 1.29 is 0 Å². The van der Waals surface area contributed by atoms with Crippen LogP contribution in [0.25, 0.3) is 10.9 Å². The summed E-state index contributed by atoms with van der Waals surface area (Å²) in [5.74, 6) is 0. The van der Waals surface area contributed by atoms with Crippen LogP contribution in [-0.4, -0.2) is 21.0 Å². The van der Waals surface area contributed by atoms with E-state index < -0.39 is 0 Å². The Hall–Kier alpha value is -0.851. The van der Waals surface area contributed by atoms with E-state index in [0.717, 1.165) is 10.1 Å². The number of aromatic nitrogens is 1. The van der Waals surface area contributed by atoms with E-state index in [-0.39, 0.29) is 0 Å². The Kier molecular flexibility index (Phi) is 2.10. The summed E-state index contributed by atoms with van der Waals surface area (Å²) in [6.07, 6.45) is 0. The second kappa shape index (κ2) is 3.13. The van der Waals surface area contributed by atoms with Crippen LogP contribution in [0.4, 0.5) is 0 Å². The molecule has 65 valence electrons. The van der Waals surface area contributed by atoms with Crippen molar-refractivity contribution in [2.75, 3.05) is 0 Å². The van der Waals surface area contributed by atoms with E-state index in [9.17, 15) is 0 Å². The maximum absolute atomic E-state index is 4.42. The molecule has 0 saturated carbocycles. The molecular formula is C11H10NSe. The second-order valence-electron chi connectivity index (χ2n) is 3.30. The Labute approximate surface area is 86.0 Å². The number of benzene rings is 1. The molecule has 0 aliphatic heterocycles. The van der Waals surface area contributed by atoms with Gasteiger partial charge in [0.05, 0.1) is 0 Å². The summed E-state index contributed by atoms with van der Waals surface area (Å²) in [7, 11) is 0. The molecule has 2 heteroatoms. The number of nitrogens with zero attached hydrogens (tertiary/aromatic N) is 1. The summed E-state index contributed by atoms with van der Waals surface area (Å²) >= 11 is 2.94. The summed E-state index contributed by atoms with van der Waals surface area (Å²) in [4.78, 5) is 4.42. The first kappa shape index (κ1) is 8.73. The zero-order chi connectivity index (χ0) is 9.42. The van der Waals surface area contributed by atoms with Gasteiger partial charge in [-0.1, -0.05) is 0 Å². The standard InChI is InChI=1S/C11H10NSe/c1-7-3-4-10-9(5-7)8(2)6-11(13)12-10/h3-6H,1-2H3. The van der Waals surface area contributed by atoms with Gasteiger partial charge in [-0.15, -0.1) is 0 Å². The van der Waals surface area contributed by atoms with Gasteiger partial charge in [0.25, 0.3) is 0 Å². The molecule has 0 saturated heterocycles. The number of rotatable bonds is 0. The van der Waals surface area contributed by atoms with Crippen molar-refractivity contribution in [3.63, 3.8) is 0 Å². The Balaban J connectivity index is 2.87. The average molecular weight is 235 g/mol. The van der Waals surface area contributed by atoms with E-state index in [2.05, 4.69) is 59.1 Å². The molecule has 1 heterocycles. The minimum absolute atomic E-state index is 0.967. The molecule has 0 amide bonds. The Morgan fingerprint density at radius 2 is 1.92 bits per heavy atom. The third-order valence-corrected chi connectivity index (χ3v) is 2.59. The summed E-state index contributed by atoms with van der Waals surface area (Å²) in [6, 6.07) is 8.41. The monoisotopic (exact) mass is 236 g/mol. The fraction of sp³-hybridized carbons (Fsp3) is 0.182. The molecule has 0 N–H and O–H groups in total. The topological polar surface area (TPSA) is 12.9 Å². The van der Waals surface area contributed by atoms with Gasteiger partial charge in [-0.3, -0.25) is 0 Å². The van der Waals surface area contributed by atoms with Crippen LogP contribution in [0.5, 0.6) is 0 Å². The van der Waals surface area contributed by atoms with Gasteiger partial charge < -0.3 is 0 Å². The molecule has 0 unspecified atom stereocenters. The van der Waals surface area contributed by atoms with Crippen molar-refractivity contribution in [2.24, 2.45) is 0 Å². The zero-order valence-corrected chi connectivity index (χ0v) is 9.38. The van der Waals surface area contributed by atoms with Crippen LogP contribution in [0.3, 0.4) is 0 Å². The predicted molar refractivity (Wildman–Crippen MR) is 56.6 cm³/mol. The van der Waals surface area contributed by atoms with Crippen LogP contribution in [0, 0.1) is 13.8 Å². The van der Waals surface area contributed by atoms with Crippen molar-refractivity contribution in [3.05, 3.63) is 35.4 Å². The van der Waals surface area contributed by atoms with E-state index >= 15 is 0 Å². The Morgan fingerprint density at radius 1 is 1.15 bits per heavy atom. The van der Waals surface area contributed by atoms with Gasteiger partial charge in [0.1, 0.15) is 0 Å². The van der Waals surface area contributed by atoms with Crippen LogP contribution in [0.1, 0.15) is 11.1 Å². The van der Waals surface area contributed by atoms with Gasteiger partial charge >= 0.3 is 85.7 Å². The normalized spacial score (nSPS) is 10.6. The average Bonchev–Trinajstić information content (AvgIpc) is 2.06. The molecule has 0 bridgehead atoms. The number of pyridine rings is 1. The van der Waals surface area contributed by atoms with Crippen LogP contribution < -0.4 is 4.59 Å². The number of hydrogen-bond donors (Lipinski definition) is 0. The van der Waals surface area contributed by atoms with E-state index in [1.54, 1.807) is 0 Å². The van der Waals surface area contributed by atoms with Gasteiger partial charge in [0, 0.05) is 0 Å². The molecular weight excluding hydrogens is 225 g/mol. The molecule has 1 aromatic heterocycles. The SMILES string of the molecule is Cc1ccc2nc([Se])cc(C)c2c1. The van der Waals surface area contributed by atoms with Crippen LogP contribution in [-0.2, 0) is 0 Å². The van der Waals surface area contributed by atoms with E-state index in [1.807, 2.05) is 0 Å². The minimum atomic E-state index is 0.967. The Bertz CT molecular complexity index is 463. The van der Waals surface area contributed by atoms with Gasteiger partial charge in [-0.2, -0.15) is 0 Å². The van der Waals surface area contributed by atoms with Crippen LogP contribution in [0.15, 0.2) is 24.3 Å². The number of hydrogen-bond acceptors (Lipinski definition) is 1. The quantitative estimate of drug-likeness (QED) is 0.633. The first-order chi connectivity index (χ1) is 6.16. The second-order valence-corrected chi connectivity index (χ2v) is 4.18. The molecule has 0 aliphatic rings. The van der Waals surface area contributed by atoms with E-state index in [0.29, 0.717) is 0 Å². The van der Waals surface area contributed by atoms with E-state index in [1.165, 1.54) is 16.5 Å². The fourth-order valence-corrected chi connectivity index (χ4v) is 2.05. The van der Waals surface area contributed by atoms with Crippen molar-refractivity contribution in [1.29, 1.82) is 0 Å². The molecule has 2 aromatic rings. The molecule has 0 spiro atoms. The van der Waals surface area contributed by atoms with Gasteiger partial charge in [-0.25, -0.2) is 0 Å². The van der Waals surface area contributed by atoms with Crippen LogP contribution in [0.2, 0.25) is 0 Å². The molecule has 1 aromatic carbocycles. The first-order valence-electron chi connectivity index (χ1n) is 4.22. The maximum atomic E-state index is 4.42. The number of aryl methyl sites for hydroxylation is 2. The van der Waals surface area contributed by atoms with Crippen molar-refractivity contribution >= 4 is 31.5 Å². The zero-order valence-electron chi connectivity index (χ0n) is 7.66. The van der Waals surface area contributed by atoms with Crippen molar-refractivity contribution in [3.8, 4) is 0 Å². The van der Waals surface area contributed by atoms with Gasteiger partial charge in [0.15, 0.2) is 0 Å². The molecule has 0 atom stereocenters. The third-order valence-electron chi connectivity index (χ3n) is 2.15. The Morgan fingerprint density at radius 3 is 2.69 bits per heavy atom. The fourth-order valence-electron chi connectivity index (χ4n) is 1.48. The van der Waals surface area contributed by atoms with Gasteiger partial charge in [-0.05, 0) is 0 Å². The molecule has 0 fully saturated rings. The summed E-state index contributed by atoms with van der Waals surface area (Å²) < 4.78 is 0.967.